The normalized spacial score (nSPS) is 23.4. The zero-order valence-corrected chi connectivity index (χ0v) is 8.62. The first-order valence-corrected chi connectivity index (χ1v) is 5.46. The third-order valence-electron chi connectivity index (χ3n) is 2.66. The van der Waals surface area contributed by atoms with E-state index in [-0.39, 0.29) is 6.04 Å². The molecule has 0 aromatic carbocycles. The molecule has 1 aromatic heterocycles. The Kier molecular flexibility index (Phi) is 3.14. The average Bonchev–Trinajstić information content (AvgIpc) is 2.53. The van der Waals surface area contributed by atoms with Gasteiger partial charge < -0.3 is 9.84 Å². The van der Waals surface area contributed by atoms with Crippen molar-refractivity contribution in [1.82, 2.24) is 15.5 Å². The van der Waals surface area contributed by atoms with Crippen molar-refractivity contribution in [3.8, 4) is 0 Å². The minimum atomic E-state index is 0.283. The van der Waals surface area contributed by atoms with Gasteiger partial charge in [-0.25, -0.2) is 0 Å². The van der Waals surface area contributed by atoms with E-state index in [4.69, 9.17) is 4.52 Å². The molecule has 1 unspecified atom stereocenters. The van der Waals surface area contributed by atoms with Gasteiger partial charge >= 0.3 is 0 Å². The van der Waals surface area contributed by atoms with Gasteiger partial charge in [-0.05, 0) is 19.4 Å². The summed E-state index contributed by atoms with van der Waals surface area (Å²) in [4.78, 5) is 4.35. The highest BCUT2D eigenvalue weighted by Gasteiger charge is 2.19. The number of rotatable bonds is 2. The SMILES string of the molecule is CCc1noc(C2CCCCCN2)n1. The monoisotopic (exact) mass is 195 g/mol. The maximum absolute atomic E-state index is 5.23. The van der Waals surface area contributed by atoms with Gasteiger partial charge in [-0.3, -0.25) is 0 Å². The molecule has 78 valence electrons. The van der Waals surface area contributed by atoms with Gasteiger partial charge in [0.25, 0.3) is 0 Å². The Morgan fingerprint density at radius 1 is 1.43 bits per heavy atom. The van der Waals surface area contributed by atoms with E-state index in [1.807, 2.05) is 6.92 Å². The second kappa shape index (κ2) is 4.55. The fraction of sp³-hybridized carbons (Fsp3) is 0.800. The lowest BCUT2D eigenvalue weighted by Gasteiger charge is -2.09. The van der Waals surface area contributed by atoms with E-state index in [9.17, 15) is 0 Å². The Morgan fingerprint density at radius 3 is 3.14 bits per heavy atom. The van der Waals surface area contributed by atoms with Crippen LogP contribution in [0, 0.1) is 0 Å². The molecule has 14 heavy (non-hydrogen) atoms. The second-order valence-electron chi connectivity index (χ2n) is 3.76. The van der Waals surface area contributed by atoms with Gasteiger partial charge in [0.15, 0.2) is 5.82 Å². The molecular weight excluding hydrogens is 178 g/mol. The Bertz CT molecular complexity index is 277. The summed E-state index contributed by atoms with van der Waals surface area (Å²) < 4.78 is 5.23. The molecule has 2 heterocycles. The minimum absolute atomic E-state index is 0.283. The summed E-state index contributed by atoms with van der Waals surface area (Å²) in [5, 5.41) is 7.35. The number of hydrogen-bond donors (Lipinski definition) is 1. The summed E-state index contributed by atoms with van der Waals surface area (Å²) in [6.07, 6.45) is 5.77. The molecule has 1 aromatic rings. The molecule has 0 bridgehead atoms. The van der Waals surface area contributed by atoms with Crippen molar-refractivity contribution in [2.75, 3.05) is 6.54 Å². The van der Waals surface area contributed by atoms with Crippen LogP contribution in [0.2, 0.25) is 0 Å². The molecule has 1 fully saturated rings. The maximum atomic E-state index is 5.23. The van der Waals surface area contributed by atoms with E-state index in [0.29, 0.717) is 0 Å². The van der Waals surface area contributed by atoms with E-state index in [1.165, 1.54) is 19.3 Å². The smallest absolute Gasteiger partial charge is 0.243 e. The molecule has 0 amide bonds. The molecule has 2 rings (SSSR count). The Hall–Kier alpha value is -0.900. The molecule has 0 saturated carbocycles. The summed E-state index contributed by atoms with van der Waals surface area (Å²) in [6, 6.07) is 0.283. The van der Waals surface area contributed by atoms with Crippen LogP contribution in [0.3, 0.4) is 0 Å². The molecule has 1 aliphatic heterocycles. The van der Waals surface area contributed by atoms with Crippen LogP contribution in [-0.4, -0.2) is 16.7 Å². The van der Waals surface area contributed by atoms with E-state index in [1.54, 1.807) is 0 Å². The van der Waals surface area contributed by atoms with Crippen molar-refractivity contribution >= 4 is 0 Å². The van der Waals surface area contributed by atoms with E-state index < -0.39 is 0 Å². The van der Waals surface area contributed by atoms with Crippen LogP contribution in [-0.2, 0) is 6.42 Å². The minimum Gasteiger partial charge on any atom is -0.338 e. The summed E-state index contributed by atoms with van der Waals surface area (Å²) >= 11 is 0. The topological polar surface area (TPSA) is 51.0 Å². The van der Waals surface area contributed by atoms with Crippen molar-refractivity contribution in [2.45, 2.75) is 45.1 Å². The summed E-state index contributed by atoms with van der Waals surface area (Å²) in [5.74, 6) is 1.58. The van der Waals surface area contributed by atoms with Gasteiger partial charge in [0.05, 0.1) is 6.04 Å². The van der Waals surface area contributed by atoms with Crippen molar-refractivity contribution in [1.29, 1.82) is 0 Å². The Morgan fingerprint density at radius 2 is 2.36 bits per heavy atom. The van der Waals surface area contributed by atoms with Gasteiger partial charge in [-0.1, -0.05) is 24.9 Å². The zero-order valence-electron chi connectivity index (χ0n) is 8.62. The fourth-order valence-corrected chi connectivity index (χ4v) is 1.79. The quantitative estimate of drug-likeness (QED) is 0.782. The predicted molar refractivity (Wildman–Crippen MR) is 52.9 cm³/mol. The highest BCUT2D eigenvalue weighted by Crippen LogP contribution is 2.20. The predicted octanol–water partition coefficient (Wildman–Crippen LogP) is 1.84. The lowest BCUT2D eigenvalue weighted by molar-refractivity contribution is 0.325. The number of hydrogen-bond acceptors (Lipinski definition) is 4. The van der Waals surface area contributed by atoms with E-state index in [2.05, 4.69) is 15.5 Å². The van der Waals surface area contributed by atoms with Crippen LogP contribution in [0.25, 0.3) is 0 Å². The third kappa shape index (κ3) is 2.12. The molecule has 1 N–H and O–H groups in total. The van der Waals surface area contributed by atoms with Gasteiger partial charge in [0, 0.05) is 6.42 Å². The van der Waals surface area contributed by atoms with Crippen molar-refractivity contribution in [3.05, 3.63) is 11.7 Å². The highest BCUT2D eigenvalue weighted by atomic mass is 16.5. The average molecular weight is 195 g/mol. The van der Waals surface area contributed by atoms with Crippen LogP contribution >= 0.6 is 0 Å². The second-order valence-corrected chi connectivity index (χ2v) is 3.76. The first kappa shape index (κ1) is 9.65. The number of aromatic nitrogens is 2. The molecule has 4 nitrogen and oxygen atoms in total. The molecule has 1 aliphatic rings. The number of aryl methyl sites for hydroxylation is 1. The highest BCUT2D eigenvalue weighted by molar-refractivity contribution is 4.93. The zero-order chi connectivity index (χ0) is 9.80. The standard InChI is InChI=1S/C10H17N3O/c1-2-9-12-10(14-13-9)8-6-4-3-5-7-11-8/h8,11H,2-7H2,1H3. The van der Waals surface area contributed by atoms with Gasteiger partial charge in [-0.15, -0.1) is 0 Å². The third-order valence-corrected chi connectivity index (χ3v) is 2.66. The molecule has 0 spiro atoms. The molecule has 1 saturated heterocycles. The largest absolute Gasteiger partial charge is 0.338 e. The Balaban J connectivity index is 2.04. The Labute approximate surface area is 84.1 Å². The molecular formula is C10H17N3O. The summed E-state index contributed by atoms with van der Waals surface area (Å²) in [6.45, 7) is 3.10. The van der Waals surface area contributed by atoms with Crippen LogP contribution in [0.1, 0.15) is 50.4 Å². The maximum Gasteiger partial charge on any atom is 0.243 e. The van der Waals surface area contributed by atoms with E-state index in [0.717, 1.165) is 31.1 Å². The van der Waals surface area contributed by atoms with Crippen LogP contribution in [0.5, 0.6) is 0 Å². The van der Waals surface area contributed by atoms with Crippen LogP contribution in [0.4, 0.5) is 0 Å². The van der Waals surface area contributed by atoms with Gasteiger partial charge in [0.2, 0.25) is 5.89 Å². The molecule has 4 heteroatoms. The van der Waals surface area contributed by atoms with Crippen LogP contribution < -0.4 is 5.32 Å². The van der Waals surface area contributed by atoms with Crippen molar-refractivity contribution in [3.63, 3.8) is 0 Å². The number of nitrogens with zero attached hydrogens (tertiary/aromatic N) is 2. The van der Waals surface area contributed by atoms with Crippen LogP contribution in [0.15, 0.2) is 4.52 Å². The summed E-state index contributed by atoms with van der Waals surface area (Å²) in [5.41, 5.74) is 0. The number of nitrogens with one attached hydrogen (secondary N) is 1. The van der Waals surface area contributed by atoms with Crippen molar-refractivity contribution in [2.24, 2.45) is 0 Å². The lowest BCUT2D eigenvalue weighted by atomic mass is 10.1. The van der Waals surface area contributed by atoms with Crippen molar-refractivity contribution < 1.29 is 4.52 Å². The van der Waals surface area contributed by atoms with Gasteiger partial charge in [-0.2, -0.15) is 4.98 Å². The fourth-order valence-electron chi connectivity index (χ4n) is 1.79. The molecule has 0 radical (unpaired) electrons. The lowest BCUT2D eigenvalue weighted by Crippen LogP contribution is -2.20. The summed E-state index contributed by atoms with van der Waals surface area (Å²) in [7, 11) is 0. The first-order chi connectivity index (χ1) is 6.90. The van der Waals surface area contributed by atoms with E-state index >= 15 is 0 Å². The molecule has 1 atom stereocenters. The first-order valence-electron chi connectivity index (χ1n) is 5.46. The molecule has 0 aliphatic carbocycles. The van der Waals surface area contributed by atoms with Gasteiger partial charge in [0.1, 0.15) is 0 Å².